The number of nitrogens with one attached hydrogen (secondary N) is 1. The Morgan fingerprint density at radius 3 is 2.75 bits per heavy atom. The van der Waals surface area contributed by atoms with Crippen molar-refractivity contribution in [2.75, 3.05) is 12.8 Å². The van der Waals surface area contributed by atoms with E-state index in [0.29, 0.717) is 4.75 Å². The summed E-state index contributed by atoms with van der Waals surface area (Å²) in [7, 11) is 2.07. The number of rotatable bonds is 5. The van der Waals surface area contributed by atoms with Gasteiger partial charge in [0.1, 0.15) is 0 Å². The summed E-state index contributed by atoms with van der Waals surface area (Å²) in [4.78, 5) is 0. The molecule has 1 heterocycles. The standard InChI is InChI=1S/C13H22N2S/c1-15-8-5-12(10-15)9-14-11-13(16-2)6-3-4-7-13/h5,8,10,14H,3-4,6-7,9,11H2,1-2H3. The first-order valence-corrected chi connectivity index (χ1v) is 7.33. The van der Waals surface area contributed by atoms with Crippen molar-refractivity contribution < 1.29 is 0 Å². The minimum absolute atomic E-state index is 0.523. The van der Waals surface area contributed by atoms with Crippen LogP contribution in [0.2, 0.25) is 0 Å². The molecule has 1 aromatic rings. The molecular formula is C13H22N2S. The largest absolute Gasteiger partial charge is 0.357 e. The second-order valence-corrected chi connectivity index (χ2v) is 6.16. The van der Waals surface area contributed by atoms with Crippen molar-refractivity contribution in [1.29, 1.82) is 0 Å². The SMILES string of the molecule is CSC1(CNCc2ccn(C)c2)CCCC1. The lowest BCUT2D eigenvalue weighted by molar-refractivity contribution is 0.533. The van der Waals surface area contributed by atoms with Crippen LogP contribution >= 0.6 is 11.8 Å². The molecular weight excluding hydrogens is 216 g/mol. The normalized spacial score (nSPS) is 19.1. The van der Waals surface area contributed by atoms with Crippen molar-refractivity contribution in [3.8, 4) is 0 Å². The smallest absolute Gasteiger partial charge is 0.0281 e. The van der Waals surface area contributed by atoms with Crippen LogP contribution in [0.4, 0.5) is 0 Å². The first kappa shape index (κ1) is 12.1. The second-order valence-electron chi connectivity index (χ2n) is 4.88. The number of nitrogens with zero attached hydrogens (tertiary/aromatic N) is 1. The molecule has 0 aliphatic heterocycles. The van der Waals surface area contributed by atoms with Gasteiger partial charge in [-0.3, -0.25) is 0 Å². The molecule has 0 radical (unpaired) electrons. The van der Waals surface area contributed by atoms with Crippen molar-refractivity contribution in [1.82, 2.24) is 9.88 Å². The van der Waals surface area contributed by atoms with Crippen LogP contribution in [0.25, 0.3) is 0 Å². The first-order valence-electron chi connectivity index (χ1n) is 6.11. The fourth-order valence-electron chi connectivity index (χ4n) is 2.57. The van der Waals surface area contributed by atoms with Crippen LogP contribution in [-0.2, 0) is 13.6 Å². The van der Waals surface area contributed by atoms with E-state index in [1.54, 1.807) is 0 Å². The Kier molecular flexibility index (Phi) is 3.98. The van der Waals surface area contributed by atoms with Gasteiger partial charge in [-0.1, -0.05) is 12.8 Å². The third kappa shape index (κ3) is 2.83. The van der Waals surface area contributed by atoms with Crippen LogP contribution in [0.3, 0.4) is 0 Å². The van der Waals surface area contributed by atoms with Crippen molar-refractivity contribution in [3.63, 3.8) is 0 Å². The molecule has 3 heteroatoms. The molecule has 0 amide bonds. The highest BCUT2D eigenvalue weighted by molar-refractivity contribution is 8.00. The van der Waals surface area contributed by atoms with E-state index in [-0.39, 0.29) is 0 Å². The Balaban J connectivity index is 1.78. The Hall–Kier alpha value is -0.410. The Labute approximate surface area is 103 Å². The maximum Gasteiger partial charge on any atom is 0.0281 e. The van der Waals surface area contributed by atoms with Crippen LogP contribution in [0.15, 0.2) is 18.5 Å². The predicted molar refractivity (Wildman–Crippen MR) is 71.8 cm³/mol. The summed E-state index contributed by atoms with van der Waals surface area (Å²) in [6, 6.07) is 2.19. The molecule has 0 spiro atoms. The lowest BCUT2D eigenvalue weighted by atomic mass is 10.1. The van der Waals surface area contributed by atoms with E-state index < -0.39 is 0 Å². The summed E-state index contributed by atoms with van der Waals surface area (Å²) in [5.74, 6) is 0. The van der Waals surface area contributed by atoms with Gasteiger partial charge in [-0.05, 0) is 30.7 Å². The number of aromatic nitrogens is 1. The Morgan fingerprint density at radius 1 is 1.44 bits per heavy atom. The van der Waals surface area contributed by atoms with Crippen LogP contribution in [-0.4, -0.2) is 22.1 Å². The van der Waals surface area contributed by atoms with Crippen LogP contribution in [0.5, 0.6) is 0 Å². The molecule has 1 N–H and O–H groups in total. The molecule has 0 bridgehead atoms. The topological polar surface area (TPSA) is 17.0 Å². The molecule has 1 saturated carbocycles. The summed E-state index contributed by atoms with van der Waals surface area (Å²) in [5, 5.41) is 3.61. The average molecular weight is 238 g/mol. The van der Waals surface area contributed by atoms with Crippen LogP contribution in [0.1, 0.15) is 31.2 Å². The molecule has 0 saturated heterocycles. The van der Waals surface area contributed by atoms with E-state index in [0.717, 1.165) is 13.1 Å². The average Bonchev–Trinajstić information content (AvgIpc) is 2.89. The number of hydrogen-bond acceptors (Lipinski definition) is 2. The van der Waals surface area contributed by atoms with Gasteiger partial charge in [-0.25, -0.2) is 0 Å². The monoisotopic (exact) mass is 238 g/mol. The van der Waals surface area contributed by atoms with Gasteiger partial charge in [0, 0.05) is 37.3 Å². The van der Waals surface area contributed by atoms with E-state index in [1.165, 1.54) is 31.2 Å². The Morgan fingerprint density at radius 2 is 2.19 bits per heavy atom. The zero-order valence-corrected chi connectivity index (χ0v) is 11.1. The molecule has 0 aromatic carbocycles. The van der Waals surface area contributed by atoms with Crippen molar-refractivity contribution in [2.45, 2.75) is 37.0 Å². The maximum absolute atomic E-state index is 3.61. The molecule has 1 aliphatic carbocycles. The zero-order valence-electron chi connectivity index (χ0n) is 10.3. The first-order chi connectivity index (χ1) is 7.74. The molecule has 0 unspecified atom stereocenters. The molecule has 1 fully saturated rings. The fourth-order valence-corrected chi connectivity index (χ4v) is 3.52. The van der Waals surface area contributed by atoms with E-state index >= 15 is 0 Å². The molecule has 0 atom stereocenters. The molecule has 2 nitrogen and oxygen atoms in total. The van der Waals surface area contributed by atoms with E-state index in [2.05, 4.69) is 53.4 Å². The van der Waals surface area contributed by atoms with Gasteiger partial charge in [-0.15, -0.1) is 0 Å². The molecule has 1 aliphatic rings. The second kappa shape index (κ2) is 5.28. The molecule has 90 valence electrons. The number of hydrogen-bond donors (Lipinski definition) is 1. The highest BCUT2D eigenvalue weighted by Gasteiger charge is 2.32. The minimum Gasteiger partial charge on any atom is -0.357 e. The fraction of sp³-hybridized carbons (Fsp3) is 0.692. The van der Waals surface area contributed by atoms with Gasteiger partial charge < -0.3 is 9.88 Å². The highest BCUT2D eigenvalue weighted by Crippen LogP contribution is 2.39. The van der Waals surface area contributed by atoms with Crippen molar-refractivity contribution >= 4 is 11.8 Å². The van der Waals surface area contributed by atoms with E-state index in [4.69, 9.17) is 0 Å². The molecule has 2 rings (SSSR count). The van der Waals surface area contributed by atoms with Gasteiger partial charge in [0.2, 0.25) is 0 Å². The quantitative estimate of drug-likeness (QED) is 0.849. The van der Waals surface area contributed by atoms with Crippen molar-refractivity contribution in [2.24, 2.45) is 7.05 Å². The zero-order chi connectivity index (χ0) is 11.4. The summed E-state index contributed by atoms with van der Waals surface area (Å²) >= 11 is 2.05. The van der Waals surface area contributed by atoms with Crippen molar-refractivity contribution in [3.05, 3.63) is 24.0 Å². The highest BCUT2D eigenvalue weighted by atomic mass is 32.2. The van der Waals surface area contributed by atoms with E-state index in [1.807, 2.05) is 0 Å². The van der Waals surface area contributed by atoms with Gasteiger partial charge in [0.25, 0.3) is 0 Å². The third-order valence-electron chi connectivity index (χ3n) is 3.62. The Bertz CT molecular complexity index is 326. The van der Waals surface area contributed by atoms with Gasteiger partial charge in [0.05, 0.1) is 0 Å². The maximum atomic E-state index is 3.61. The summed E-state index contributed by atoms with van der Waals surface area (Å²) < 4.78 is 2.63. The van der Waals surface area contributed by atoms with Gasteiger partial charge in [-0.2, -0.15) is 11.8 Å². The number of aryl methyl sites for hydroxylation is 1. The van der Waals surface area contributed by atoms with Gasteiger partial charge >= 0.3 is 0 Å². The summed E-state index contributed by atoms with van der Waals surface area (Å²) in [5.41, 5.74) is 1.39. The summed E-state index contributed by atoms with van der Waals surface area (Å²) in [6.45, 7) is 2.16. The molecule has 16 heavy (non-hydrogen) atoms. The molecule has 1 aromatic heterocycles. The minimum atomic E-state index is 0.523. The van der Waals surface area contributed by atoms with E-state index in [9.17, 15) is 0 Å². The summed E-state index contributed by atoms with van der Waals surface area (Å²) in [6.07, 6.45) is 12.1. The van der Waals surface area contributed by atoms with Crippen LogP contribution in [0, 0.1) is 0 Å². The van der Waals surface area contributed by atoms with Gasteiger partial charge in [0.15, 0.2) is 0 Å². The third-order valence-corrected chi connectivity index (χ3v) is 5.04. The number of thioether (sulfide) groups is 1. The lowest BCUT2D eigenvalue weighted by Crippen LogP contribution is -2.34. The predicted octanol–water partition coefficient (Wildman–Crippen LogP) is 2.79. The van der Waals surface area contributed by atoms with Crippen LogP contribution < -0.4 is 5.32 Å². The lowest BCUT2D eigenvalue weighted by Gasteiger charge is -2.27.